The molecule has 0 aliphatic rings. The lowest BCUT2D eigenvalue weighted by Crippen LogP contribution is -1.94. The third kappa shape index (κ3) is 1.70. The third-order valence-corrected chi connectivity index (χ3v) is 2.62. The van der Waals surface area contributed by atoms with Crippen molar-refractivity contribution in [1.29, 1.82) is 0 Å². The first-order chi connectivity index (χ1) is 7.09. The lowest BCUT2D eigenvalue weighted by Gasteiger charge is -2.02. The summed E-state index contributed by atoms with van der Waals surface area (Å²) in [5, 5.41) is 11.5. The van der Waals surface area contributed by atoms with Crippen molar-refractivity contribution in [2.75, 3.05) is 0 Å². The largest absolute Gasteiger partial charge is 0.281 e. The number of halogens is 1. The average molecular weight is 267 g/mol. The molecule has 76 valence electrons. The summed E-state index contributed by atoms with van der Waals surface area (Å²) in [5.41, 5.74) is 1.41. The Kier molecular flexibility index (Phi) is 2.40. The predicted molar refractivity (Wildman–Crippen MR) is 60.8 cm³/mol. The van der Waals surface area contributed by atoms with E-state index in [0.29, 0.717) is 16.5 Å². The number of benzene rings is 1. The molecular weight excluding hydrogens is 260 g/mol. The molecule has 5 heteroatoms. The molecule has 0 fully saturated rings. The van der Waals surface area contributed by atoms with Gasteiger partial charge in [0.1, 0.15) is 0 Å². The minimum atomic E-state index is -0.369. The Balaban J connectivity index is 2.90. The molecule has 0 spiro atoms. The van der Waals surface area contributed by atoms with Crippen molar-refractivity contribution in [3.8, 4) is 0 Å². The molecule has 4 nitrogen and oxygen atoms in total. The van der Waals surface area contributed by atoms with Gasteiger partial charge in [0.05, 0.1) is 15.8 Å². The van der Waals surface area contributed by atoms with Crippen molar-refractivity contribution in [1.82, 2.24) is 4.98 Å². The van der Waals surface area contributed by atoms with Crippen LogP contribution in [0.3, 0.4) is 0 Å². The van der Waals surface area contributed by atoms with E-state index in [1.165, 1.54) is 0 Å². The molecule has 0 aliphatic heterocycles. The molecule has 0 aliphatic carbocycles. The average Bonchev–Trinajstić information content (AvgIpc) is 2.16. The van der Waals surface area contributed by atoms with Gasteiger partial charge in [-0.15, -0.1) is 0 Å². The van der Waals surface area contributed by atoms with Crippen molar-refractivity contribution < 1.29 is 4.92 Å². The van der Waals surface area contributed by atoms with Crippen molar-refractivity contribution in [3.05, 3.63) is 44.5 Å². The summed E-state index contributed by atoms with van der Waals surface area (Å²) in [7, 11) is 0. The van der Waals surface area contributed by atoms with E-state index in [0.717, 1.165) is 4.47 Å². The lowest BCUT2D eigenvalue weighted by molar-refractivity contribution is -0.383. The molecule has 15 heavy (non-hydrogen) atoms. The minimum absolute atomic E-state index is 0.126. The Morgan fingerprint density at radius 1 is 1.47 bits per heavy atom. The molecule has 1 aromatic carbocycles. The van der Waals surface area contributed by atoms with Gasteiger partial charge in [-0.1, -0.05) is 6.07 Å². The summed E-state index contributed by atoms with van der Waals surface area (Å²) in [5.74, 6) is 0. The van der Waals surface area contributed by atoms with Crippen LogP contribution in [0.25, 0.3) is 10.9 Å². The fraction of sp³-hybridized carbons (Fsp3) is 0.100. The molecule has 0 atom stereocenters. The van der Waals surface area contributed by atoms with Crippen molar-refractivity contribution in [3.63, 3.8) is 0 Å². The number of nitro groups is 1. The first-order valence-electron chi connectivity index (χ1n) is 4.29. The first kappa shape index (κ1) is 10.0. The van der Waals surface area contributed by atoms with E-state index in [-0.39, 0.29) is 10.6 Å². The van der Waals surface area contributed by atoms with Crippen LogP contribution < -0.4 is 0 Å². The minimum Gasteiger partial charge on any atom is -0.258 e. The number of aryl methyl sites for hydroxylation is 1. The van der Waals surface area contributed by atoms with Crippen LogP contribution in [0, 0.1) is 17.0 Å². The number of nitro benzene ring substituents is 1. The Bertz CT molecular complexity index is 549. The van der Waals surface area contributed by atoms with E-state index in [4.69, 9.17) is 0 Å². The van der Waals surface area contributed by atoms with Gasteiger partial charge in [0, 0.05) is 16.2 Å². The maximum absolute atomic E-state index is 10.9. The molecular formula is C10H7BrN2O2. The monoisotopic (exact) mass is 266 g/mol. The zero-order valence-electron chi connectivity index (χ0n) is 7.90. The molecule has 0 bridgehead atoms. The highest BCUT2D eigenvalue weighted by Crippen LogP contribution is 2.29. The molecule has 0 N–H and O–H groups in total. The maximum Gasteiger partial charge on any atom is 0.281 e. The Morgan fingerprint density at radius 3 is 2.87 bits per heavy atom. The Morgan fingerprint density at radius 2 is 2.20 bits per heavy atom. The topological polar surface area (TPSA) is 56.0 Å². The summed E-state index contributed by atoms with van der Waals surface area (Å²) >= 11 is 3.26. The highest BCUT2D eigenvalue weighted by molar-refractivity contribution is 9.10. The number of nitrogens with zero attached hydrogens (tertiary/aromatic N) is 2. The third-order valence-electron chi connectivity index (χ3n) is 2.19. The summed E-state index contributed by atoms with van der Waals surface area (Å²) < 4.78 is 0.740. The molecule has 1 heterocycles. The normalized spacial score (nSPS) is 10.5. The SMILES string of the molecule is Cc1ccc2ncc(Br)cc2c1[N+](=O)[O-]. The molecule has 2 rings (SSSR count). The van der Waals surface area contributed by atoms with E-state index < -0.39 is 0 Å². The quantitative estimate of drug-likeness (QED) is 0.588. The molecule has 0 saturated heterocycles. The van der Waals surface area contributed by atoms with E-state index >= 15 is 0 Å². The highest BCUT2D eigenvalue weighted by atomic mass is 79.9. The van der Waals surface area contributed by atoms with Crippen LogP contribution in [0.15, 0.2) is 28.9 Å². The van der Waals surface area contributed by atoms with E-state index in [1.54, 1.807) is 31.3 Å². The zero-order valence-corrected chi connectivity index (χ0v) is 9.48. The van der Waals surface area contributed by atoms with Crippen LogP contribution in [0.4, 0.5) is 5.69 Å². The fourth-order valence-corrected chi connectivity index (χ4v) is 1.84. The van der Waals surface area contributed by atoms with Gasteiger partial charge < -0.3 is 0 Å². The van der Waals surface area contributed by atoms with Gasteiger partial charge in [-0.25, -0.2) is 0 Å². The van der Waals surface area contributed by atoms with Gasteiger partial charge in [0.2, 0.25) is 0 Å². The summed E-state index contributed by atoms with van der Waals surface area (Å²) in [6, 6.07) is 5.21. The van der Waals surface area contributed by atoms with Crippen LogP contribution in [0.1, 0.15) is 5.56 Å². The number of fused-ring (bicyclic) bond motifs is 1. The van der Waals surface area contributed by atoms with Gasteiger partial charge in [-0.3, -0.25) is 15.1 Å². The second-order valence-corrected chi connectivity index (χ2v) is 4.12. The van der Waals surface area contributed by atoms with Crippen molar-refractivity contribution >= 4 is 32.5 Å². The van der Waals surface area contributed by atoms with Gasteiger partial charge >= 0.3 is 0 Å². The second kappa shape index (κ2) is 3.58. The van der Waals surface area contributed by atoms with Gasteiger partial charge in [0.25, 0.3) is 5.69 Å². The number of pyridine rings is 1. The zero-order chi connectivity index (χ0) is 11.0. The van der Waals surface area contributed by atoms with Gasteiger partial charge in [-0.2, -0.15) is 0 Å². The summed E-state index contributed by atoms with van der Waals surface area (Å²) in [6.07, 6.45) is 1.63. The fourth-order valence-electron chi connectivity index (χ4n) is 1.51. The molecule has 0 saturated carbocycles. The number of aromatic nitrogens is 1. The van der Waals surface area contributed by atoms with Crippen LogP contribution in [0.5, 0.6) is 0 Å². The molecule has 1 aromatic heterocycles. The van der Waals surface area contributed by atoms with Gasteiger partial charge in [-0.05, 0) is 35.0 Å². The first-order valence-corrected chi connectivity index (χ1v) is 5.08. The number of hydrogen-bond donors (Lipinski definition) is 0. The maximum atomic E-state index is 10.9. The Hall–Kier alpha value is -1.49. The summed E-state index contributed by atoms with van der Waals surface area (Å²) in [4.78, 5) is 14.7. The van der Waals surface area contributed by atoms with Crippen molar-refractivity contribution in [2.24, 2.45) is 0 Å². The highest BCUT2D eigenvalue weighted by Gasteiger charge is 2.16. The van der Waals surface area contributed by atoms with E-state index in [9.17, 15) is 10.1 Å². The lowest BCUT2D eigenvalue weighted by atomic mass is 10.1. The van der Waals surface area contributed by atoms with Crippen molar-refractivity contribution in [2.45, 2.75) is 6.92 Å². The Labute approximate surface area is 94.2 Å². The van der Waals surface area contributed by atoms with Gasteiger partial charge in [0.15, 0.2) is 0 Å². The second-order valence-electron chi connectivity index (χ2n) is 3.21. The molecule has 2 aromatic rings. The van der Waals surface area contributed by atoms with Crippen LogP contribution >= 0.6 is 15.9 Å². The van der Waals surface area contributed by atoms with Crippen LogP contribution in [-0.4, -0.2) is 9.91 Å². The summed E-state index contributed by atoms with van der Waals surface area (Å²) in [6.45, 7) is 1.72. The number of hydrogen-bond acceptors (Lipinski definition) is 3. The molecule has 0 unspecified atom stereocenters. The smallest absolute Gasteiger partial charge is 0.258 e. The molecule has 0 radical (unpaired) electrons. The van der Waals surface area contributed by atoms with Crippen LogP contribution in [-0.2, 0) is 0 Å². The van der Waals surface area contributed by atoms with Crippen LogP contribution in [0.2, 0.25) is 0 Å². The van der Waals surface area contributed by atoms with E-state index in [1.807, 2.05) is 0 Å². The predicted octanol–water partition coefficient (Wildman–Crippen LogP) is 3.21. The number of rotatable bonds is 1. The molecule has 0 amide bonds. The standard InChI is InChI=1S/C10H7BrN2O2/c1-6-2-3-9-8(10(6)13(14)15)4-7(11)5-12-9/h2-5H,1H3. The van der Waals surface area contributed by atoms with E-state index in [2.05, 4.69) is 20.9 Å².